The minimum atomic E-state index is -1.43. The molecule has 0 rings (SSSR count). The number of aliphatic hydroxyl groups is 1. The van der Waals surface area contributed by atoms with E-state index in [-0.39, 0.29) is 12.4 Å². The number of hydrogen-bond donors (Lipinski definition) is 3. The molecule has 20 heavy (non-hydrogen) atoms. The number of rotatable bonds is 10. The fourth-order valence-electron chi connectivity index (χ4n) is 1.73. The second-order valence-corrected chi connectivity index (χ2v) is 3.63. The first-order chi connectivity index (χ1) is 9.51. The van der Waals surface area contributed by atoms with Crippen molar-refractivity contribution in [2.45, 2.75) is 18.3 Å². The largest absolute Gasteiger partial charge is 0.494 e. The number of carbonyl (C=O) groups is 1. The lowest BCUT2D eigenvalue weighted by Crippen LogP contribution is -2.45. The average Bonchev–Trinajstić information content (AvgIpc) is 2.45. The fourth-order valence-corrected chi connectivity index (χ4v) is 1.73. The number of methoxy groups -OCH3 is 4. The Hall–Kier alpha value is -1.39. The number of carboxylic acid groups (broad SMARTS) is 1. The van der Waals surface area contributed by atoms with E-state index in [1.54, 1.807) is 0 Å². The molecule has 0 aromatic heterocycles. The molecule has 3 unspecified atom stereocenters. The fraction of sp³-hybridized carbons (Fsp3) is 0.727. The minimum absolute atomic E-state index is 0.190. The van der Waals surface area contributed by atoms with E-state index in [9.17, 15) is 9.90 Å². The molecule has 0 radical (unpaired) electrons. The summed E-state index contributed by atoms with van der Waals surface area (Å²) < 4.78 is 20.4. The molecule has 9 nitrogen and oxygen atoms in total. The van der Waals surface area contributed by atoms with Crippen molar-refractivity contribution >= 4 is 5.97 Å². The molecular formula is C11H21NO8. The van der Waals surface area contributed by atoms with Gasteiger partial charge in [0.1, 0.15) is 18.3 Å². The van der Waals surface area contributed by atoms with Gasteiger partial charge in [0.25, 0.3) is 5.76 Å². The monoisotopic (exact) mass is 295 g/mol. The van der Waals surface area contributed by atoms with Gasteiger partial charge in [-0.15, -0.1) is 0 Å². The van der Waals surface area contributed by atoms with Gasteiger partial charge < -0.3 is 34.0 Å². The number of aliphatic carboxylic acids is 1. The molecule has 0 aliphatic rings. The van der Waals surface area contributed by atoms with E-state index in [0.717, 1.165) is 0 Å². The van der Waals surface area contributed by atoms with Crippen LogP contribution in [0.3, 0.4) is 0 Å². The molecule has 0 amide bonds. The van der Waals surface area contributed by atoms with E-state index in [1.807, 2.05) is 0 Å². The van der Waals surface area contributed by atoms with Gasteiger partial charge in [0, 0.05) is 21.3 Å². The highest BCUT2D eigenvalue weighted by molar-refractivity contribution is 5.85. The van der Waals surface area contributed by atoms with Crippen molar-refractivity contribution in [3.63, 3.8) is 0 Å². The summed E-state index contributed by atoms with van der Waals surface area (Å²) in [5.74, 6) is 2.68. The number of ether oxygens (including phenoxy) is 4. The number of hydrogen-bond acceptors (Lipinski definition) is 8. The molecule has 3 atom stereocenters. The molecule has 0 fully saturated rings. The highest BCUT2D eigenvalue weighted by Crippen LogP contribution is 2.21. The Morgan fingerprint density at radius 2 is 1.75 bits per heavy atom. The van der Waals surface area contributed by atoms with Gasteiger partial charge in [0.2, 0.25) is 0 Å². The van der Waals surface area contributed by atoms with E-state index in [4.69, 9.17) is 30.0 Å². The molecule has 4 N–H and O–H groups in total. The van der Waals surface area contributed by atoms with Crippen LogP contribution in [0, 0.1) is 0 Å². The van der Waals surface area contributed by atoms with E-state index in [0.29, 0.717) is 0 Å². The average molecular weight is 295 g/mol. The third-order valence-corrected chi connectivity index (χ3v) is 2.69. The van der Waals surface area contributed by atoms with Crippen molar-refractivity contribution in [2.24, 2.45) is 5.90 Å². The second-order valence-electron chi connectivity index (χ2n) is 3.63. The van der Waals surface area contributed by atoms with Crippen LogP contribution in [0.1, 0.15) is 0 Å². The Bertz CT molecular complexity index is 328. The summed E-state index contributed by atoms with van der Waals surface area (Å²) in [5.41, 5.74) is 0. The van der Waals surface area contributed by atoms with Crippen molar-refractivity contribution in [3.05, 3.63) is 11.5 Å². The highest BCUT2D eigenvalue weighted by atomic mass is 16.6. The highest BCUT2D eigenvalue weighted by Gasteiger charge is 2.37. The standard InChI is InChI=1S/C11H21NO8/c1-16-6(5-13)7(17-2)8(18-3)9(19-4)10(20-12)11(14)15/h6-8,13H,5,12H2,1-4H3,(H,14,15)/b10-9+. The molecule has 0 heterocycles. The van der Waals surface area contributed by atoms with Crippen LogP contribution in [-0.4, -0.2) is 69.5 Å². The normalized spacial score (nSPS) is 16.9. The van der Waals surface area contributed by atoms with Crippen molar-refractivity contribution in [3.8, 4) is 0 Å². The van der Waals surface area contributed by atoms with E-state index < -0.39 is 30.0 Å². The van der Waals surface area contributed by atoms with Gasteiger partial charge in [-0.2, -0.15) is 5.90 Å². The molecule has 0 aromatic carbocycles. The predicted molar refractivity (Wildman–Crippen MR) is 66.4 cm³/mol. The van der Waals surface area contributed by atoms with E-state index >= 15 is 0 Å². The van der Waals surface area contributed by atoms with Gasteiger partial charge >= 0.3 is 5.97 Å². The number of aliphatic hydroxyl groups excluding tert-OH is 1. The van der Waals surface area contributed by atoms with Gasteiger partial charge in [-0.25, -0.2) is 4.79 Å². The minimum Gasteiger partial charge on any atom is -0.494 e. The van der Waals surface area contributed by atoms with Crippen LogP contribution in [-0.2, 0) is 28.6 Å². The quantitative estimate of drug-likeness (QED) is 0.260. The molecule has 0 aliphatic heterocycles. The smallest absolute Gasteiger partial charge is 0.377 e. The summed E-state index contributed by atoms with van der Waals surface area (Å²) in [4.78, 5) is 15.4. The lowest BCUT2D eigenvalue weighted by molar-refractivity contribution is -0.139. The van der Waals surface area contributed by atoms with Crippen LogP contribution in [0.2, 0.25) is 0 Å². The lowest BCUT2D eigenvalue weighted by atomic mass is 10.1. The van der Waals surface area contributed by atoms with Gasteiger partial charge in [-0.3, -0.25) is 0 Å². The van der Waals surface area contributed by atoms with Crippen molar-refractivity contribution in [1.82, 2.24) is 0 Å². The van der Waals surface area contributed by atoms with Gasteiger partial charge in [-0.05, 0) is 0 Å². The van der Waals surface area contributed by atoms with Gasteiger partial charge in [0.05, 0.1) is 13.7 Å². The first kappa shape index (κ1) is 18.6. The molecule has 0 spiro atoms. The summed E-state index contributed by atoms with van der Waals surface area (Å²) in [6.45, 7) is -0.363. The molecule has 0 aliphatic carbocycles. The number of nitrogens with two attached hydrogens (primary N) is 1. The summed E-state index contributed by atoms with van der Waals surface area (Å²) in [6, 6.07) is 0. The Labute approximate surface area is 116 Å². The Kier molecular flexibility index (Phi) is 8.84. The van der Waals surface area contributed by atoms with Crippen LogP contribution in [0.15, 0.2) is 11.5 Å². The lowest BCUT2D eigenvalue weighted by Gasteiger charge is -2.30. The third-order valence-electron chi connectivity index (χ3n) is 2.69. The molecule has 0 bridgehead atoms. The van der Waals surface area contributed by atoms with E-state index in [2.05, 4.69) is 4.84 Å². The van der Waals surface area contributed by atoms with Crippen molar-refractivity contribution < 1.29 is 38.8 Å². The van der Waals surface area contributed by atoms with Gasteiger partial charge in [0.15, 0.2) is 5.76 Å². The maximum Gasteiger partial charge on any atom is 0.377 e. The molecule has 0 aromatic rings. The summed E-state index contributed by atoms with van der Waals surface area (Å²) in [7, 11) is 5.27. The number of carboxylic acids is 1. The predicted octanol–water partition coefficient (Wildman–Crippen LogP) is -1.14. The van der Waals surface area contributed by atoms with Gasteiger partial charge in [-0.1, -0.05) is 0 Å². The molecule has 118 valence electrons. The molecule has 0 saturated carbocycles. The van der Waals surface area contributed by atoms with E-state index in [1.165, 1.54) is 28.4 Å². The summed E-state index contributed by atoms with van der Waals surface area (Å²) >= 11 is 0. The zero-order chi connectivity index (χ0) is 15.7. The summed E-state index contributed by atoms with van der Waals surface area (Å²) in [5, 5.41) is 18.2. The Morgan fingerprint density at radius 1 is 1.15 bits per heavy atom. The van der Waals surface area contributed by atoms with Crippen LogP contribution >= 0.6 is 0 Å². The maximum absolute atomic E-state index is 11.1. The zero-order valence-corrected chi connectivity index (χ0v) is 11.9. The van der Waals surface area contributed by atoms with Crippen LogP contribution in [0.4, 0.5) is 0 Å². The topological polar surface area (TPSA) is 130 Å². The first-order valence-corrected chi connectivity index (χ1v) is 5.59. The summed E-state index contributed by atoms with van der Waals surface area (Å²) in [6.07, 6.45) is -2.60. The van der Waals surface area contributed by atoms with Crippen LogP contribution in [0.5, 0.6) is 0 Å². The Morgan fingerprint density at radius 3 is 2.00 bits per heavy atom. The molecule has 0 saturated heterocycles. The van der Waals surface area contributed by atoms with Crippen molar-refractivity contribution in [2.75, 3.05) is 35.0 Å². The molecule has 9 heteroatoms. The third kappa shape index (κ3) is 4.32. The zero-order valence-electron chi connectivity index (χ0n) is 11.9. The van der Waals surface area contributed by atoms with Crippen molar-refractivity contribution in [1.29, 1.82) is 0 Å². The first-order valence-electron chi connectivity index (χ1n) is 5.59. The SMILES string of the molecule is CO/C(=C(/ON)C(=O)O)C(OC)C(OC)C(CO)OC. The Balaban J connectivity index is 5.63. The maximum atomic E-state index is 11.1. The molecular weight excluding hydrogens is 274 g/mol. The van der Waals surface area contributed by atoms with Crippen LogP contribution in [0.25, 0.3) is 0 Å². The van der Waals surface area contributed by atoms with Crippen LogP contribution < -0.4 is 5.90 Å². The second kappa shape index (κ2) is 9.50.